The smallest absolute Gasteiger partial charge is 0.345 e. The second kappa shape index (κ2) is 16.8. The Labute approximate surface area is 277 Å². The van der Waals surface area contributed by atoms with Crippen LogP contribution in [0.3, 0.4) is 0 Å². The number of alkyl halides is 3. The number of nitrogens with one attached hydrogen (secondary N) is 1. The van der Waals surface area contributed by atoms with Gasteiger partial charge in [0.05, 0.1) is 26.8 Å². The van der Waals surface area contributed by atoms with Gasteiger partial charge in [0, 0.05) is 50.1 Å². The summed E-state index contributed by atoms with van der Waals surface area (Å²) >= 11 is 3.34. The van der Waals surface area contributed by atoms with Crippen LogP contribution in [-0.2, 0) is 11.0 Å². The third-order valence-corrected chi connectivity index (χ3v) is 9.12. The first kappa shape index (κ1) is 36.8. The minimum atomic E-state index is -4.43. The van der Waals surface area contributed by atoms with E-state index in [1.807, 2.05) is 52.9 Å². The van der Waals surface area contributed by atoms with Gasteiger partial charge in [-0.2, -0.15) is 13.2 Å². The highest BCUT2D eigenvalue weighted by molar-refractivity contribution is 7.18. The number of pyridine rings is 1. The van der Waals surface area contributed by atoms with Crippen LogP contribution in [0.4, 0.5) is 30.1 Å². The molecule has 1 saturated heterocycles. The molecule has 1 N–H and O–H groups in total. The molecule has 0 spiro atoms. The Morgan fingerprint density at radius 2 is 1.70 bits per heavy atom. The van der Waals surface area contributed by atoms with Gasteiger partial charge in [0.1, 0.15) is 5.82 Å². The Kier molecular flexibility index (Phi) is 13.4. The lowest BCUT2D eigenvalue weighted by Gasteiger charge is -2.25. The second-order valence-corrected chi connectivity index (χ2v) is 13.6. The van der Waals surface area contributed by atoms with E-state index in [-0.39, 0.29) is 11.9 Å². The molecule has 2 atom stereocenters. The van der Waals surface area contributed by atoms with Gasteiger partial charge in [-0.05, 0) is 64.0 Å². The van der Waals surface area contributed by atoms with Crippen molar-refractivity contribution in [3.05, 3.63) is 57.4 Å². The first-order chi connectivity index (χ1) is 21.8. The molecule has 4 aromatic heterocycles. The second-order valence-electron chi connectivity index (χ2n) is 11.2. The molecule has 0 unspecified atom stereocenters. The lowest BCUT2D eigenvalue weighted by atomic mass is 9.99. The van der Waals surface area contributed by atoms with Gasteiger partial charge in [0.15, 0.2) is 5.13 Å². The lowest BCUT2D eigenvalue weighted by Crippen LogP contribution is -2.34. The largest absolute Gasteiger partial charge is 0.419 e. The SMILES string of the molecule is CC.C[C@H]1CC[C@@H](CN(C)c2ncc(C(F)(F)F)cn2)CN(C=O)C1.Cc1ccc(Nc2nc(-c3sc(C)nc3C)c(C)s2)nc1. The molecule has 250 valence electrons. The Hall–Kier alpha value is -3.65. The van der Waals surface area contributed by atoms with Crippen LogP contribution in [0.5, 0.6) is 0 Å². The first-order valence-corrected chi connectivity index (χ1v) is 16.9. The molecule has 0 bridgehead atoms. The number of aromatic nitrogens is 5. The number of hydrogen-bond acceptors (Lipinski definition) is 10. The number of carbonyl (C=O) groups excluding carboxylic acids is 1. The molecule has 1 fully saturated rings. The Morgan fingerprint density at radius 3 is 2.26 bits per heavy atom. The quantitative estimate of drug-likeness (QED) is 0.196. The molecule has 0 aliphatic carbocycles. The van der Waals surface area contributed by atoms with E-state index < -0.39 is 11.7 Å². The van der Waals surface area contributed by atoms with Crippen LogP contribution in [0, 0.1) is 39.5 Å². The van der Waals surface area contributed by atoms with Crippen molar-refractivity contribution in [3.63, 3.8) is 0 Å². The summed E-state index contributed by atoms with van der Waals surface area (Å²) in [6, 6.07) is 4.00. The number of halogens is 3. The maximum Gasteiger partial charge on any atom is 0.419 e. The van der Waals surface area contributed by atoms with Crippen LogP contribution in [0.25, 0.3) is 10.6 Å². The fraction of sp³-hybridized carbons (Fsp3) is 0.500. The zero-order valence-corrected chi connectivity index (χ0v) is 29.3. The normalized spacial score (nSPS) is 16.4. The molecule has 46 heavy (non-hydrogen) atoms. The standard InChI is InChI=1S/C15H21F3N4O.C15H16N4S2.C2H6/c1-11-3-4-12(9-22(7-11)10-23)8-21(2)14-19-5-13(6-20-14)15(16,17)18;1-8-5-6-12(16-7-8)18-15-19-13(10(3)20-15)14-9(2)17-11(4)21-14;1-2/h5-6,10-12H,3-4,7-9H2,1-2H3;5-7H,1-4H3,(H,16,18,19);1-2H3/t11-,12-;;/m0../s1. The van der Waals surface area contributed by atoms with Crippen molar-refractivity contribution in [3.8, 4) is 10.6 Å². The topological polar surface area (TPSA) is 100 Å². The molecule has 1 amide bonds. The summed E-state index contributed by atoms with van der Waals surface area (Å²) in [6.45, 7) is 16.3. The molecule has 0 radical (unpaired) electrons. The molecule has 1 aliphatic rings. The monoisotopic (exact) mass is 676 g/mol. The van der Waals surface area contributed by atoms with Crippen LogP contribution in [0.15, 0.2) is 30.7 Å². The predicted molar refractivity (Wildman–Crippen MR) is 181 cm³/mol. The predicted octanol–water partition coefficient (Wildman–Crippen LogP) is 8.10. The molecule has 0 saturated carbocycles. The van der Waals surface area contributed by atoms with Crippen molar-refractivity contribution in [2.45, 2.75) is 67.5 Å². The molecule has 1 aliphatic heterocycles. The number of rotatable bonds is 7. The summed E-state index contributed by atoms with van der Waals surface area (Å²) < 4.78 is 37.6. The third kappa shape index (κ3) is 10.4. The van der Waals surface area contributed by atoms with Crippen LogP contribution in [0.1, 0.15) is 60.3 Å². The summed E-state index contributed by atoms with van der Waals surface area (Å²) in [6.07, 6.45) is 1.87. The Morgan fingerprint density at radius 1 is 1.00 bits per heavy atom. The molecule has 4 aromatic rings. The van der Waals surface area contributed by atoms with E-state index in [4.69, 9.17) is 4.98 Å². The van der Waals surface area contributed by atoms with Crippen molar-refractivity contribution < 1.29 is 18.0 Å². The highest BCUT2D eigenvalue weighted by atomic mass is 32.1. The van der Waals surface area contributed by atoms with Crippen molar-refractivity contribution in [2.75, 3.05) is 36.9 Å². The molecule has 14 heteroatoms. The fourth-order valence-electron chi connectivity index (χ4n) is 4.94. The van der Waals surface area contributed by atoms with E-state index in [2.05, 4.69) is 39.1 Å². The van der Waals surface area contributed by atoms with Gasteiger partial charge in [-0.3, -0.25) is 4.79 Å². The number of carbonyl (C=O) groups is 1. The fourth-order valence-corrected chi connectivity index (χ4v) is 6.80. The van der Waals surface area contributed by atoms with Gasteiger partial charge >= 0.3 is 6.18 Å². The highest BCUT2D eigenvalue weighted by Gasteiger charge is 2.31. The number of nitrogens with zero attached hydrogens (tertiary/aromatic N) is 7. The number of likely N-dealkylation sites (tertiary alicyclic amines) is 1. The molecular weight excluding hydrogens is 634 g/mol. The van der Waals surface area contributed by atoms with Gasteiger partial charge in [-0.25, -0.2) is 24.9 Å². The van der Waals surface area contributed by atoms with Crippen molar-refractivity contribution in [1.82, 2.24) is 29.8 Å². The summed E-state index contributed by atoms with van der Waals surface area (Å²) in [5, 5.41) is 5.21. The minimum absolute atomic E-state index is 0.251. The van der Waals surface area contributed by atoms with Crippen LogP contribution >= 0.6 is 22.7 Å². The number of aryl methyl sites for hydroxylation is 4. The zero-order chi connectivity index (χ0) is 34.0. The van der Waals surface area contributed by atoms with E-state index in [1.165, 1.54) is 4.88 Å². The minimum Gasteiger partial charge on any atom is -0.345 e. The molecule has 5 rings (SSSR count). The van der Waals surface area contributed by atoms with Gasteiger partial charge < -0.3 is 15.1 Å². The Balaban J connectivity index is 0.000000238. The lowest BCUT2D eigenvalue weighted by molar-refractivity contribution is -0.138. The summed E-state index contributed by atoms with van der Waals surface area (Å²) in [7, 11) is 1.75. The molecular formula is C32H43F3N8OS2. The maximum absolute atomic E-state index is 12.5. The van der Waals surface area contributed by atoms with E-state index >= 15 is 0 Å². The van der Waals surface area contributed by atoms with Crippen molar-refractivity contribution in [1.29, 1.82) is 0 Å². The van der Waals surface area contributed by atoms with Gasteiger partial charge in [0.2, 0.25) is 12.4 Å². The van der Waals surface area contributed by atoms with Gasteiger partial charge in [0.25, 0.3) is 0 Å². The third-order valence-electron chi connectivity index (χ3n) is 7.16. The Bertz CT molecular complexity index is 1520. The summed E-state index contributed by atoms with van der Waals surface area (Å²) in [4.78, 5) is 38.1. The van der Waals surface area contributed by atoms with Gasteiger partial charge in [-0.15, -0.1) is 22.7 Å². The van der Waals surface area contributed by atoms with Crippen LogP contribution < -0.4 is 10.2 Å². The van der Waals surface area contributed by atoms with Crippen LogP contribution in [0.2, 0.25) is 0 Å². The number of thiazole rings is 2. The first-order valence-electron chi connectivity index (χ1n) is 15.2. The molecule has 5 heterocycles. The summed E-state index contributed by atoms with van der Waals surface area (Å²) in [5.41, 5.74) is 2.36. The highest BCUT2D eigenvalue weighted by Crippen LogP contribution is 2.36. The molecule has 9 nitrogen and oxygen atoms in total. The van der Waals surface area contributed by atoms with E-state index in [0.717, 1.165) is 76.0 Å². The van der Waals surface area contributed by atoms with Crippen molar-refractivity contribution >= 4 is 46.0 Å². The van der Waals surface area contributed by atoms with Gasteiger partial charge in [-0.1, -0.05) is 26.8 Å². The summed E-state index contributed by atoms with van der Waals surface area (Å²) in [5.74, 6) is 1.78. The average molecular weight is 677 g/mol. The maximum atomic E-state index is 12.5. The zero-order valence-electron chi connectivity index (χ0n) is 27.6. The van der Waals surface area contributed by atoms with E-state index in [0.29, 0.717) is 19.0 Å². The van der Waals surface area contributed by atoms with E-state index in [1.54, 1.807) is 39.5 Å². The average Bonchev–Trinajstić information content (AvgIpc) is 3.49. The van der Waals surface area contributed by atoms with Crippen LogP contribution in [-0.4, -0.2) is 62.9 Å². The number of amides is 1. The number of anilines is 3. The van der Waals surface area contributed by atoms with E-state index in [9.17, 15) is 18.0 Å². The number of hydrogen-bond donors (Lipinski definition) is 1. The molecule has 0 aromatic carbocycles. The van der Waals surface area contributed by atoms with Crippen molar-refractivity contribution in [2.24, 2.45) is 11.8 Å².